The molecule has 1 saturated carbocycles. The Morgan fingerprint density at radius 3 is 3.17 bits per heavy atom. The summed E-state index contributed by atoms with van der Waals surface area (Å²) < 4.78 is 5.29. The van der Waals surface area contributed by atoms with Crippen molar-refractivity contribution in [1.82, 2.24) is 5.32 Å². The number of hydrogen-bond acceptors (Lipinski definition) is 2. The molecule has 0 unspecified atom stereocenters. The fraction of sp³-hybridized carbons (Fsp3) is 1.00. The Morgan fingerprint density at radius 1 is 1.58 bits per heavy atom. The minimum absolute atomic E-state index is 0. The van der Waals surface area contributed by atoms with Crippen LogP contribution in [0.4, 0.5) is 0 Å². The van der Waals surface area contributed by atoms with Crippen LogP contribution in [0.25, 0.3) is 0 Å². The van der Waals surface area contributed by atoms with Gasteiger partial charge in [0.15, 0.2) is 0 Å². The van der Waals surface area contributed by atoms with Crippen LogP contribution in [-0.2, 0) is 4.74 Å². The second-order valence-electron chi connectivity index (χ2n) is 4.02. The summed E-state index contributed by atoms with van der Waals surface area (Å²) in [6.45, 7) is 3.37. The van der Waals surface area contributed by atoms with Crippen molar-refractivity contribution in [2.45, 2.75) is 19.3 Å². The minimum Gasteiger partial charge on any atom is -0.384 e. The zero-order valence-corrected chi connectivity index (χ0v) is 8.45. The number of ether oxygens (including phenoxy) is 1. The van der Waals surface area contributed by atoms with Crippen LogP contribution in [0, 0.1) is 11.3 Å². The van der Waals surface area contributed by atoms with Crippen molar-refractivity contribution in [2.75, 3.05) is 26.8 Å². The molecule has 1 heterocycles. The number of methoxy groups -OCH3 is 1. The quantitative estimate of drug-likeness (QED) is 0.714. The van der Waals surface area contributed by atoms with E-state index in [4.69, 9.17) is 4.74 Å². The normalized spacial score (nSPS) is 39.2. The molecule has 0 radical (unpaired) electrons. The van der Waals surface area contributed by atoms with Crippen molar-refractivity contribution in [2.24, 2.45) is 11.3 Å². The zero-order chi connectivity index (χ0) is 7.73. The number of hydrogen-bond donors (Lipinski definition) is 1. The molecule has 0 amide bonds. The molecular formula is C9H18ClNO. The average molecular weight is 192 g/mol. The maximum absolute atomic E-state index is 5.29. The molecule has 2 rings (SSSR count). The van der Waals surface area contributed by atoms with E-state index < -0.39 is 0 Å². The van der Waals surface area contributed by atoms with Crippen LogP contribution >= 0.6 is 12.4 Å². The predicted molar refractivity (Wildman–Crippen MR) is 51.8 cm³/mol. The first-order valence-electron chi connectivity index (χ1n) is 4.57. The summed E-state index contributed by atoms with van der Waals surface area (Å²) in [7, 11) is 1.82. The Bertz CT molecular complexity index is 141. The summed E-state index contributed by atoms with van der Waals surface area (Å²) in [5.41, 5.74) is 0.523. The van der Waals surface area contributed by atoms with Crippen LogP contribution in [-0.4, -0.2) is 26.8 Å². The SMILES string of the molecule is COC[C@@]12CCC[C@@H]1CNC2.Cl. The van der Waals surface area contributed by atoms with E-state index in [-0.39, 0.29) is 12.4 Å². The van der Waals surface area contributed by atoms with Crippen LogP contribution in [0.3, 0.4) is 0 Å². The van der Waals surface area contributed by atoms with Crippen molar-refractivity contribution in [3.63, 3.8) is 0 Å². The lowest BCUT2D eigenvalue weighted by Crippen LogP contribution is -2.30. The third kappa shape index (κ3) is 1.48. The van der Waals surface area contributed by atoms with Gasteiger partial charge in [0.2, 0.25) is 0 Å². The third-order valence-corrected chi connectivity index (χ3v) is 3.39. The average Bonchev–Trinajstić information content (AvgIpc) is 2.45. The van der Waals surface area contributed by atoms with Crippen LogP contribution in [0.2, 0.25) is 0 Å². The van der Waals surface area contributed by atoms with Gasteiger partial charge in [0.05, 0.1) is 6.61 Å². The fourth-order valence-corrected chi connectivity index (χ4v) is 2.79. The zero-order valence-electron chi connectivity index (χ0n) is 7.64. The minimum atomic E-state index is 0. The second kappa shape index (κ2) is 3.95. The van der Waals surface area contributed by atoms with Gasteiger partial charge < -0.3 is 10.1 Å². The van der Waals surface area contributed by atoms with Gasteiger partial charge in [-0.25, -0.2) is 0 Å². The Morgan fingerprint density at radius 2 is 2.42 bits per heavy atom. The highest BCUT2D eigenvalue weighted by atomic mass is 35.5. The Labute approximate surface area is 80.5 Å². The van der Waals surface area contributed by atoms with Gasteiger partial charge in [-0.1, -0.05) is 6.42 Å². The predicted octanol–water partition coefficient (Wildman–Crippen LogP) is 1.44. The smallest absolute Gasteiger partial charge is 0.0533 e. The molecular weight excluding hydrogens is 174 g/mol. The van der Waals surface area contributed by atoms with Gasteiger partial charge in [-0.3, -0.25) is 0 Å². The number of fused-ring (bicyclic) bond motifs is 1. The second-order valence-corrected chi connectivity index (χ2v) is 4.02. The van der Waals surface area contributed by atoms with Gasteiger partial charge in [0, 0.05) is 19.1 Å². The highest BCUT2D eigenvalue weighted by Gasteiger charge is 2.45. The van der Waals surface area contributed by atoms with Gasteiger partial charge in [-0.05, 0) is 25.3 Å². The first kappa shape index (κ1) is 10.3. The number of nitrogens with one attached hydrogen (secondary N) is 1. The molecule has 1 aliphatic heterocycles. The van der Waals surface area contributed by atoms with Crippen LogP contribution in [0.5, 0.6) is 0 Å². The summed E-state index contributed by atoms with van der Waals surface area (Å²) in [6, 6.07) is 0. The lowest BCUT2D eigenvalue weighted by Gasteiger charge is -2.26. The van der Waals surface area contributed by atoms with E-state index in [0.29, 0.717) is 5.41 Å². The number of halogens is 1. The van der Waals surface area contributed by atoms with E-state index in [2.05, 4.69) is 5.32 Å². The molecule has 3 heteroatoms. The first-order valence-corrected chi connectivity index (χ1v) is 4.57. The lowest BCUT2D eigenvalue weighted by atomic mass is 9.82. The monoisotopic (exact) mass is 191 g/mol. The third-order valence-electron chi connectivity index (χ3n) is 3.39. The van der Waals surface area contributed by atoms with Crippen LogP contribution in [0.1, 0.15) is 19.3 Å². The molecule has 0 bridgehead atoms. The molecule has 0 aromatic rings. The Balaban J connectivity index is 0.000000720. The van der Waals surface area contributed by atoms with Crippen molar-refractivity contribution < 1.29 is 4.74 Å². The Hall–Kier alpha value is 0.210. The first-order chi connectivity index (χ1) is 5.37. The van der Waals surface area contributed by atoms with E-state index in [1.807, 2.05) is 7.11 Å². The van der Waals surface area contributed by atoms with Gasteiger partial charge in [-0.15, -0.1) is 12.4 Å². The van der Waals surface area contributed by atoms with Crippen molar-refractivity contribution >= 4 is 12.4 Å². The van der Waals surface area contributed by atoms with Gasteiger partial charge in [0.1, 0.15) is 0 Å². The summed E-state index contributed by atoms with van der Waals surface area (Å²) in [5, 5.41) is 3.47. The Kier molecular flexibility index (Phi) is 3.38. The molecule has 0 aromatic heterocycles. The highest BCUT2D eigenvalue weighted by Crippen LogP contribution is 2.45. The standard InChI is InChI=1S/C9H17NO.ClH/c1-11-7-9-4-2-3-8(9)5-10-6-9;/h8,10H,2-7H2,1H3;1H/t8-,9+;/m1./s1. The molecule has 2 aliphatic rings. The molecule has 1 N–H and O–H groups in total. The summed E-state index contributed by atoms with van der Waals surface area (Å²) in [5.74, 6) is 0.905. The largest absolute Gasteiger partial charge is 0.384 e. The molecule has 72 valence electrons. The molecule has 2 nitrogen and oxygen atoms in total. The molecule has 12 heavy (non-hydrogen) atoms. The molecule has 0 spiro atoms. The maximum atomic E-state index is 5.29. The fourth-order valence-electron chi connectivity index (χ4n) is 2.79. The topological polar surface area (TPSA) is 21.3 Å². The van der Waals surface area contributed by atoms with Crippen LogP contribution < -0.4 is 5.32 Å². The molecule has 0 aromatic carbocycles. The van der Waals surface area contributed by atoms with E-state index in [1.54, 1.807) is 0 Å². The molecule has 2 fully saturated rings. The van der Waals surface area contributed by atoms with E-state index >= 15 is 0 Å². The summed E-state index contributed by atoms with van der Waals surface area (Å²) >= 11 is 0. The van der Waals surface area contributed by atoms with E-state index in [0.717, 1.165) is 12.5 Å². The van der Waals surface area contributed by atoms with Gasteiger partial charge in [0.25, 0.3) is 0 Å². The molecule has 2 atom stereocenters. The van der Waals surface area contributed by atoms with E-state index in [9.17, 15) is 0 Å². The highest BCUT2D eigenvalue weighted by molar-refractivity contribution is 5.85. The van der Waals surface area contributed by atoms with Gasteiger partial charge >= 0.3 is 0 Å². The summed E-state index contributed by atoms with van der Waals surface area (Å²) in [6.07, 6.45) is 4.20. The molecule has 1 aliphatic carbocycles. The lowest BCUT2D eigenvalue weighted by molar-refractivity contribution is 0.0762. The van der Waals surface area contributed by atoms with E-state index in [1.165, 1.54) is 32.4 Å². The van der Waals surface area contributed by atoms with Crippen molar-refractivity contribution in [1.29, 1.82) is 0 Å². The summed E-state index contributed by atoms with van der Waals surface area (Å²) in [4.78, 5) is 0. The van der Waals surface area contributed by atoms with Crippen molar-refractivity contribution in [3.05, 3.63) is 0 Å². The van der Waals surface area contributed by atoms with Crippen molar-refractivity contribution in [3.8, 4) is 0 Å². The number of rotatable bonds is 2. The van der Waals surface area contributed by atoms with Gasteiger partial charge in [-0.2, -0.15) is 0 Å². The molecule has 1 saturated heterocycles. The maximum Gasteiger partial charge on any atom is 0.0533 e. The van der Waals surface area contributed by atoms with Crippen LogP contribution in [0.15, 0.2) is 0 Å².